The number of nitrogens with zero attached hydrogens (tertiary/aromatic N) is 1. The van der Waals surface area contributed by atoms with E-state index in [0.29, 0.717) is 5.41 Å². The first-order valence-corrected chi connectivity index (χ1v) is 7.55. The van der Waals surface area contributed by atoms with Crippen molar-refractivity contribution in [2.75, 3.05) is 20.2 Å². The molecule has 0 aromatic carbocycles. The van der Waals surface area contributed by atoms with Gasteiger partial charge in [0, 0.05) is 32.3 Å². The molecule has 1 fully saturated rings. The van der Waals surface area contributed by atoms with Crippen LogP contribution in [-0.2, 0) is 4.74 Å². The fraction of sp³-hybridized carbons (Fsp3) is 0.765. The Kier molecular flexibility index (Phi) is 5.66. The molecule has 0 saturated carbocycles. The van der Waals surface area contributed by atoms with Crippen LogP contribution in [0.15, 0.2) is 24.9 Å². The minimum absolute atomic E-state index is 0.0315. The van der Waals surface area contributed by atoms with Crippen molar-refractivity contribution < 1.29 is 4.74 Å². The van der Waals surface area contributed by atoms with E-state index in [9.17, 15) is 0 Å². The number of hydrogen-bond acceptors (Lipinski definition) is 2. The standard InChI is InChI=1S/C17H31NO/c1-7-16(5)10-12-18(13-11-16)15(4)14-17(8-2,9-3)19-6/h7H,1,4,8-14H2,2-3,5-6H3. The monoisotopic (exact) mass is 265 g/mol. The van der Waals surface area contributed by atoms with E-state index in [1.54, 1.807) is 0 Å². The molecule has 0 radical (unpaired) electrons. The summed E-state index contributed by atoms with van der Waals surface area (Å²) in [6.07, 6.45) is 7.49. The Morgan fingerprint density at radius 3 is 2.21 bits per heavy atom. The van der Waals surface area contributed by atoms with E-state index in [0.717, 1.165) is 32.4 Å². The molecule has 0 spiro atoms. The van der Waals surface area contributed by atoms with Crippen molar-refractivity contribution in [3.05, 3.63) is 24.9 Å². The lowest BCUT2D eigenvalue weighted by atomic mass is 9.80. The molecule has 19 heavy (non-hydrogen) atoms. The molecule has 0 amide bonds. The van der Waals surface area contributed by atoms with Crippen molar-refractivity contribution >= 4 is 0 Å². The Morgan fingerprint density at radius 1 is 1.32 bits per heavy atom. The summed E-state index contributed by atoms with van der Waals surface area (Å²) in [6, 6.07) is 0. The lowest BCUT2D eigenvalue weighted by molar-refractivity contribution is -0.0223. The summed E-state index contributed by atoms with van der Waals surface area (Å²) >= 11 is 0. The zero-order chi connectivity index (χ0) is 14.5. The summed E-state index contributed by atoms with van der Waals surface area (Å²) in [6.45, 7) is 17.2. The van der Waals surface area contributed by atoms with Crippen LogP contribution in [0, 0.1) is 5.41 Å². The summed E-state index contributed by atoms with van der Waals surface area (Å²) < 4.78 is 5.76. The molecule has 0 aromatic rings. The maximum absolute atomic E-state index is 5.76. The molecule has 2 nitrogen and oxygen atoms in total. The molecule has 1 heterocycles. The van der Waals surface area contributed by atoms with Gasteiger partial charge >= 0.3 is 0 Å². The largest absolute Gasteiger partial charge is 0.378 e. The van der Waals surface area contributed by atoms with E-state index in [2.05, 4.69) is 44.9 Å². The fourth-order valence-electron chi connectivity index (χ4n) is 2.88. The van der Waals surface area contributed by atoms with Gasteiger partial charge in [-0.2, -0.15) is 0 Å². The highest BCUT2D eigenvalue weighted by molar-refractivity contribution is 5.05. The van der Waals surface area contributed by atoms with Crippen molar-refractivity contribution in [3.63, 3.8) is 0 Å². The van der Waals surface area contributed by atoms with Crippen LogP contribution in [0.3, 0.4) is 0 Å². The normalized spacial score (nSPS) is 19.3. The number of hydrogen-bond donors (Lipinski definition) is 0. The van der Waals surface area contributed by atoms with E-state index < -0.39 is 0 Å². The average Bonchev–Trinajstić information content (AvgIpc) is 2.45. The SMILES string of the molecule is C=CC1(C)CCN(C(=C)CC(CC)(CC)OC)CC1. The molecule has 0 bridgehead atoms. The summed E-state index contributed by atoms with van der Waals surface area (Å²) in [5, 5.41) is 0. The summed E-state index contributed by atoms with van der Waals surface area (Å²) in [7, 11) is 1.82. The third-order valence-electron chi connectivity index (χ3n) is 5.09. The van der Waals surface area contributed by atoms with Crippen molar-refractivity contribution in [2.24, 2.45) is 5.41 Å². The molecule has 110 valence electrons. The molecule has 1 saturated heterocycles. The molecule has 1 aliphatic rings. The fourth-order valence-corrected chi connectivity index (χ4v) is 2.88. The molecular weight excluding hydrogens is 234 g/mol. The second kappa shape index (κ2) is 6.60. The van der Waals surface area contributed by atoms with Gasteiger partial charge < -0.3 is 9.64 Å². The number of rotatable bonds is 7. The van der Waals surface area contributed by atoms with Gasteiger partial charge in [0.15, 0.2) is 0 Å². The van der Waals surface area contributed by atoms with Crippen LogP contribution in [0.25, 0.3) is 0 Å². The predicted octanol–water partition coefficient (Wildman–Crippen LogP) is 4.38. The minimum Gasteiger partial charge on any atom is -0.378 e. The maximum atomic E-state index is 5.76. The Labute approximate surface area is 119 Å². The lowest BCUT2D eigenvalue weighted by Crippen LogP contribution is -2.40. The van der Waals surface area contributed by atoms with E-state index in [-0.39, 0.29) is 5.60 Å². The second-order valence-electron chi connectivity index (χ2n) is 6.18. The topological polar surface area (TPSA) is 12.5 Å². The van der Waals surface area contributed by atoms with Gasteiger partial charge in [0.05, 0.1) is 5.60 Å². The molecule has 0 unspecified atom stereocenters. The highest BCUT2D eigenvalue weighted by Gasteiger charge is 2.31. The third kappa shape index (κ3) is 3.85. The smallest absolute Gasteiger partial charge is 0.0727 e. The first-order chi connectivity index (χ1) is 8.94. The molecule has 0 atom stereocenters. The van der Waals surface area contributed by atoms with Gasteiger partial charge in [-0.05, 0) is 31.1 Å². The van der Waals surface area contributed by atoms with Crippen LogP contribution in [0.2, 0.25) is 0 Å². The third-order valence-corrected chi connectivity index (χ3v) is 5.09. The van der Waals surface area contributed by atoms with Gasteiger partial charge in [0.1, 0.15) is 0 Å². The van der Waals surface area contributed by atoms with E-state index in [1.165, 1.54) is 18.5 Å². The van der Waals surface area contributed by atoms with Crippen molar-refractivity contribution in [3.8, 4) is 0 Å². The Balaban J connectivity index is 2.58. The summed E-state index contributed by atoms with van der Waals surface area (Å²) in [5.41, 5.74) is 1.51. The van der Waals surface area contributed by atoms with Crippen LogP contribution < -0.4 is 0 Å². The molecular formula is C17H31NO. The van der Waals surface area contributed by atoms with Crippen LogP contribution in [0.1, 0.15) is 52.9 Å². The van der Waals surface area contributed by atoms with Crippen LogP contribution >= 0.6 is 0 Å². The second-order valence-corrected chi connectivity index (χ2v) is 6.18. The Hall–Kier alpha value is -0.760. The van der Waals surface area contributed by atoms with Crippen molar-refractivity contribution in [1.82, 2.24) is 4.90 Å². The van der Waals surface area contributed by atoms with Crippen LogP contribution in [0.4, 0.5) is 0 Å². The minimum atomic E-state index is -0.0315. The quantitative estimate of drug-likeness (QED) is 0.633. The Bertz CT molecular complexity index is 301. The maximum Gasteiger partial charge on any atom is 0.0727 e. The first-order valence-electron chi connectivity index (χ1n) is 7.55. The van der Waals surface area contributed by atoms with E-state index in [1.807, 2.05) is 7.11 Å². The number of allylic oxidation sites excluding steroid dienone is 1. The zero-order valence-electron chi connectivity index (χ0n) is 13.3. The molecule has 0 N–H and O–H groups in total. The number of ether oxygens (including phenoxy) is 1. The number of piperidine rings is 1. The summed E-state index contributed by atoms with van der Waals surface area (Å²) in [5.74, 6) is 0. The number of likely N-dealkylation sites (tertiary alicyclic amines) is 1. The highest BCUT2D eigenvalue weighted by atomic mass is 16.5. The van der Waals surface area contributed by atoms with Gasteiger partial charge in [-0.25, -0.2) is 0 Å². The van der Waals surface area contributed by atoms with Crippen LogP contribution in [0.5, 0.6) is 0 Å². The Morgan fingerprint density at radius 2 is 1.84 bits per heavy atom. The van der Waals surface area contributed by atoms with Gasteiger partial charge in [0.2, 0.25) is 0 Å². The van der Waals surface area contributed by atoms with Crippen LogP contribution in [-0.4, -0.2) is 30.7 Å². The van der Waals surface area contributed by atoms with Gasteiger partial charge in [0.25, 0.3) is 0 Å². The predicted molar refractivity (Wildman–Crippen MR) is 83.2 cm³/mol. The number of methoxy groups -OCH3 is 1. The van der Waals surface area contributed by atoms with E-state index >= 15 is 0 Å². The zero-order valence-corrected chi connectivity index (χ0v) is 13.3. The summed E-state index contributed by atoms with van der Waals surface area (Å²) in [4.78, 5) is 2.43. The van der Waals surface area contributed by atoms with Crippen molar-refractivity contribution in [2.45, 2.75) is 58.5 Å². The van der Waals surface area contributed by atoms with Gasteiger partial charge in [-0.15, -0.1) is 6.58 Å². The van der Waals surface area contributed by atoms with E-state index in [4.69, 9.17) is 4.74 Å². The van der Waals surface area contributed by atoms with Gasteiger partial charge in [-0.1, -0.05) is 33.4 Å². The molecule has 1 rings (SSSR count). The molecule has 0 aromatic heterocycles. The van der Waals surface area contributed by atoms with Crippen molar-refractivity contribution in [1.29, 1.82) is 0 Å². The molecule has 1 aliphatic heterocycles. The molecule has 2 heteroatoms. The highest BCUT2D eigenvalue weighted by Crippen LogP contribution is 2.35. The molecule has 0 aliphatic carbocycles. The first kappa shape index (κ1) is 16.3. The average molecular weight is 265 g/mol. The lowest BCUT2D eigenvalue weighted by Gasteiger charge is -2.41. The van der Waals surface area contributed by atoms with Gasteiger partial charge in [-0.3, -0.25) is 0 Å².